The van der Waals surface area contributed by atoms with E-state index in [0.717, 1.165) is 25.4 Å². The lowest BCUT2D eigenvalue weighted by Gasteiger charge is -2.34. The zero-order chi connectivity index (χ0) is 12.4. The second kappa shape index (κ2) is 4.91. The summed E-state index contributed by atoms with van der Waals surface area (Å²) in [6, 6.07) is 4.31. The van der Waals surface area contributed by atoms with Crippen molar-refractivity contribution >= 4 is 0 Å². The predicted molar refractivity (Wildman–Crippen MR) is 65.8 cm³/mol. The molecule has 0 saturated carbocycles. The summed E-state index contributed by atoms with van der Waals surface area (Å²) in [6.45, 7) is 3.29. The number of aromatic nitrogens is 4. The summed E-state index contributed by atoms with van der Waals surface area (Å²) in [5.74, 6) is 0. The van der Waals surface area contributed by atoms with Crippen molar-refractivity contribution < 1.29 is 4.74 Å². The number of nitrogens with zero attached hydrogens (tertiary/aromatic N) is 4. The first-order valence-electron chi connectivity index (χ1n) is 6.12. The minimum atomic E-state index is 0.246. The average Bonchev–Trinajstić information content (AvgIpc) is 3.03. The van der Waals surface area contributed by atoms with Crippen molar-refractivity contribution in [2.24, 2.45) is 7.05 Å². The smallest absolute Gasteiger partial charge is 0.0756 e. The molecule has 1 aliphatic rings. The third-order valence-corrected chi connectivity index (χ3v) is 3.41. The average molecular weight is 247 g/mol. The van der Waals surface area contributed by atoms with E-state index in [1.54, 1.807) is 6.20 Å². The quantitative estimate of drug-likeness (QED) is 0.868. The van der Waals surface area contributed by atoms with E-state index < -0.39 is 0 Å². The van der Waals surface area contributed by atoms with Crippen molar-refractivity contribution in [2.45, 2.75) is 12.6 Å². The second-order valence-corrected chi connectivity index (χ2v) is 4.52. The molecule has 2 aromatic rings. The first-order valence-corrected chi connectivity index (χ1v) is 6.12. The highest BCUT2D eigenvalue weighted by Crippen LogP contribution is 2.23. The van der Waals surface area contributed by atoms with Gasteiger partial charge in [-0.05, 0) is 12.1 Å². The van der Waals surface area contributed by atoms with Crippen molar-refractivity contribution in [1.29, 1.82) is 0 Å². The van der Waals surface area contributed by atoms with E-state index in [1.807, 2.05) is 24.0 Å². The molecule has 0 radical (unpaired) electrons. The van der Waals surface area contributed by atoms with Gasteiger partial charge in [0.2, 0.25) is 0 Å². The molecule has 0 aromatic carbocycles. The van der Waals surface area contributed by atoms with E-state index in [2.05, 4.69) is 26.3 Å². The number of morpholine rings is 1. The lowest BCUT2D eigenvalue weighted by molar-refractivity contribution is -0.0152. The normalized spacial score (nSPS) is 21.3. The van der Waals surface area contributed by atoms with Gasteiger partial charge in [0.05, 0.1) is 30.6 Å². The minimum Gasteiger partial charge on any atom is -0.378 e. The van der Waals surface area contributed by atoms with Crippen LogP contribution in [0, 0.1) is 0 Å². The van der Waals surface area contributed by atoms with E-state index in [1.165, 1.54) is 5.69 Å². The molecule has 6 heteroatoms. The molecule has 18 heavy (non-hydrogen) atoms. The van der Waals surface area contributed by atoms with Crippen LogP contribution in [0.5, 0.6) is 0 Å². The Morgan fingerprint density at radius 2 is 2.39 bits per heavy atom. The molecule has 0 aliphatic carbocycles. The summed E-state index contributed by atoms with van der Waals surface area (Å²) >= 11 is 0. The van der Waals surface area contributed by atoms with Crippen molar-refractivity contribution in [3.8, 4) is 0 Å². The van der Waals surface area contributed by atoms with Crippen LogP contribution in [0.25, 0.3) is 0 Å². The molecule has 3 heterocycles. The van der Waals surface area contributed by atoms with Gasteiger partial charge in [-0.15, -0.1) is 0 Å². The summed E-state index contributed by atoms with van der Waals surface area (Å²) in [7, 11) is 1.97. The van der Waals surface area contributed by atoms with Gasteiger partial charge < -0.3 is 4.74 Å². The Bertz CT molecular complexity index is 492. The summed E-state index contributed by atoms with van der Waals surface area (Å²) in [5.41, 5.74) is 2.32. The highest BCUT2D eigenvalue weighted by Gasteiger charge is 2.26. The van der Waals surface area contributed by atoms with E-state index >= 15 is 0 Å². The van der Waals surface area contributed by atoms with E-state index in [-0.39, 0.29) is 6.04 Å². The van der Waals surface area contributed by atoms with E-state index in [0.29, 0.717) is 6.61 Å². The molecule has 6 nitrogen and oxygen atoms in total. The zero-order valence-corrected chi connectivity index (χ0v) is 10.4. The van der Waals surface area contributed by atoms with Crippen LogP contribution in [-0.4, -0.2) is 44.6 Å². The Balaban J connectivity index is 1.78. The van der Waals surface area contributed by atoms with Crippen LogP contribution in [-0.2, 0) is 18.3 Å². The largest absolute Gasteiger partial charge is 0.378 e. The van der Waals surface area contributed by atoms with Crippen LogP contribution in [0.15, 0.2) is 24.5 Å². The van der Waals surface area contributed by atoms with Gasteiger partial charge >= 0.3 is 0 Å². The van der Waals surface area contributed by atoms with E-state index in [4.69, 9.17) is 4.74 Å². The standard InChI is InChI=1S/C12H17N5O/c1-16-10(2-5-14-16)8-17-6-7-18-9-12(17)11-3-4-13-15-11/h2-5,12H,6-9H2,1H3,(H,13,15). The van der Waals surface area contributed by atoms with Crippen molar-refractivity contribution in [2.75, 3.05) is 19.8 Å². The highest BCUT2D eigenvalue weighted by molar-refractivity contribution is 5.08. The first-order chi connectivity index (χ1) is 8.84. The lowest BCUT2D eigenvalue weighted by Crippen LogP contribution is -2.39. The Morgan fingerprint density at radius 1 is 1.44 bits per heavy atom. The van der Waals surface area contributed by atoms with Gasteiger partial charge in [0.1, 0.15) is 0 Å². The molecule has 1 unspecified atom stereocenters. The maximum atomic E-state index is 5.57. The number of aryl methyl sites for hydroxylation is 1. The van der Waals surface area contributed by atoms with Gasteiger partial charge in [0.15, 0.2) is 0 Å². The molecule has 1 aliphatic heterocycles. The topological polar surface area (TPSA) is 59.0 Å². The van der Waals surface area contributed by atoms with Gasteiger partial charge in [0, 0.05) is 32.5 Å². The van der Waals surface area contributed by atoms with Crippen LogP contribution in [0.3, 0.4) is 0 Å². The molecule has 1 N–H and O–H groups in total. The van der Waals surface area contributed by atoms with Crippen molar-refractivity contribution in [3.63, 3.8) is 0 Å². The van der Waals surface area contributed by atoms with Gasteiger partial charge in [-0.2, -0.15) is 10.2 Å². The van der Waals surface area contributed by atoms with Gasteiger partial charge in [0.25, 0.3) is 0 Å². The van der Waals surface area contributed by atoms with Crippen molar-refractivity contribution in [3.05, 3.63) is 35.9 Å². The number of H-pyrrole nitrogens is 1. The van der Waals surface area contributed by atoms with Crippen LogP contribution in [0.2, 0.25) is 0 Å². The fourth-order valence-electron chi connectivity index (χ4n) is 2.33. The minimum absolute atomic E-state index is 0.246. The number of hydrogen-bond donors (Lipinski definition) is 1. The Hall–Kier alpha value is -1.66. The Kier molecular flexibility index (Phi) is 3.12. The summed E-state index contributed by atoms with van der Waals surface area (Å²) < 4.78 is 7.49. The third-order valence-electron chi connectivity index (χ3n) is 3.41. The maximum Gasteiger partial charge on any atom is 0.0756 e. The first kappa shape index (κ1) is 11.4. The fourth-order valence-corrected chi connectivity index (χ4v) is 2.33. The molecule has 0 bridgehead atoms. The number of nitrogens with one attached hydrogen (secondary N) is 1. The highest BCUT2D eigenvalue weighted by atomic mass is 16.5. The lowest BCUT2D eigenvalue weighted by atomic mass is 10.1. The molecule has 96 valence electrons. The van der Waals surface area contributed by atoms with Gasteiger partial charge in [-0.1, -0.05) is 0 Å². The number of aromatic amines is 1. The molecule has 0 spiro atoms. The Morgan fingerprint density at radius 3 is 3.11 bits per heavy atom. The molecule has 1 saturated heterocycles. The SMILES string of the molecule is Cn1nccc1CN1CCOCC1c1ccn[nH]1. The van der Waals surface area contributed by atoms with Crippen LogP contribution >= 0.6 is 0 Å². The molecule has 1 fully saturated rings. The molecular weight excluding hydrogens is 230 g/mol. The number of hydrogen-bond acceptors (Lipinski definition) is 4. The summed E-state index contributed by atoms with van der Waals surface area (Å²) in [4.78, 5) is 2.40. The summed E-state index contributed by atoms with van der Waals surface area (Å²) in [5, 5.41) is 11.3. The van der Waals surface area contributed by atoms with E-state index in [9.17, 15) is 0 Å². The molecule has 0 amide bonds. The maximum absolute atomic E-state index is 5.57. The molecule has 3 rings (SSSR count). The molecule has 2 aromatic heterocycles. The zero-order valence-electron chi connectivity index (χ0n) is 10.4. The monoisotopic (exact) mass is 247 g/mol. The molecular formula is C12H17N5O. The van der Waals surface area contributed by atoms with Crippen LogP contribution in [0.4, 0.5) is 0 Å². The number of rotatable bonds is 3. The number of ether oxygens (including phenoxy) is 1. The van der Waals surface area contributed by atoms with Gasteiger partial charge in [-0.25, -0.2) is 0 Å². The second-order valence-electron chi connectivity index (χ2n) is 4.52. The third kappa shape index (κ3) is 2.16. The van der Waals surface area contributed by atoms with Crippen molar-refractivity contribution in [1.82, 2.24) is 24.9 Å². The summed E-state index contributed by atoms with van der Waals surface area (Å²) in [6.07, 6.45) is 3.62. The fraction of sp³-hybridized carbons (Fsp3) is 0.500. The van der Waals surface area contributed by atoms with Crippen LogP contribution < -0.4 is 0 Å². The molecule has 1 atom stereocenters. The predicted octanol–water partition coefficient (Wildman–Crippen LogP) is 0.717. The Labute approximate surface area is 106 Å². The van der Waals surface area contributed by atoms with Crippen LogP contribution in [0.1, 0.15) is 17.4 Å². The van der Waals surface area contributed by atoms with Gasteiger partial charge in [-0.3, -0.25) is 14.7 Å².